The van der Waals surface area contributed by atoms with E-state index in [0.29, 0.717) is 13.0 Å². The summed E-state index contributed by atoms with van der Waals surface area (Å²) in [6, 6.07) is 11.6. The summed E-state index contributed by atoms with van der Waals surface area (Å²) < 4.78 is 5.37. The molecule has 1 saturated carbocycles. The van der Waals surface area contributed by atoms with Gasteiger partial charge in [0.25, 0.3) is 0 Å². The molecule has 1 N–H and O–H groups in total. The Bertz CT molecular complexity index is 754. The van der Waals surface area contributed by atoms with Gasteiger partial charge in [-0.2, -0.15) is 0 Å². The fourth-order valence-corrected chi connectivity index (χ4v) is 3.38. The van der Waals surface area contributed by atoms with Crippen LogP contribution in [-0.2, 0) is 16.1 Å². The molecular weight excluding hydrogens is 304 g/mol. The van der Waals surface area contributed by atoms with Gasteiger partial charge in [0.15, 0.2) is 0 Å². The van der Waals surface area contributed by atoms with Crippen molar-refractivity contribution < 1.29 is 14.0 Å². The molecule has 124 valence electrons. The monoisotopic (exact) mass is 324 g/mol. The zero-order valence-corrected chi connectivity index (χ0v) is 13.4. The van der Waals surface area contributed by atoms with Crippen molar-refractivity contribution in [3.63, 3.8) is 0 Å². The van der Waals surface area contributed by atoms with Crippen LogP contribution in [0.25, 0.3) is 0 Å². The zero-order valence-electron chi connectivity index (χ0n) is 13.4. The molecular formula is C19H20N2O3. The Hall–Kier alpha value is -2.56. The van der Waals surface area contributed by atoms with E-state index in [4.69, 9.17) is 4.42 Å². The Morgan fingerprint density at radius 3 is 2.96 bits per heavy atom. The number of carbonyl (C=O) groups excluding carboxylic acids is 2. The lowest BCUT2D eigenvalue weighted by Gasteiger charge is -2.16. The molecule has 4 rings (SSSR count). The van der Waals surface area contributed by atoms with E-state index in [1.54, 1.807) is 6.26 Å². The molecule has 1 saturated heterocycles. The van der Waals surface area contributed by atoms with E-state index in [-0.39, 0.29) is 23.7 Å². The maximum atomic E-state index is 12.3. The largest absolute Gasteiger partial charge is 0.469 e. The van der Waals surface area contributed by atoms with Crippen LogP contribution in [-0.4, -0.2) is 18.4 Å². The first kappa shape index (κ1) is 15.0. The third-order valence-corrected chi connectivity index (χ3v) is 4.80. The average molecular weight is 324 g/mol. The van der Waals surface area contributed by atoms with Crippen molar-refractivity contribution in [1.82, 2.24) is 5.32 Å². The van der Waals surface area contributed by atoms with Gasteiger partial charge in [-0.3, -0.25) is 9.59 Å². The van der Waals surface area contributed by atoms with Gasteiger partial charge in [-0.25, -0.2) is 0 Å². The van der Waals surface area contributed by atoms with Gasteiger partial charge in [-0.15, -0.1) is 0 Å². The lowest BCUT2D eigenvalue weighted by atomic mass is 10.1. The third kappa shape index (κ3) is 2.94. The van der Waals surface area contributed by atoms with E-state index >= 15 is 0 Å². The molecule has 5 heteroatoms. The van der Waals surface area contributed by atoms with Gasteiger partial charge < -0.3 is 14.6 Å². The molecule has 2 fully saturated rings. The molecule has 24 heavy (non-hydrogen) atoms. The van der Waals surface area contributed by atoms with Gasteiger partial charge >= 0.3 is 0 Å². The predicted molar refractivity (Wildman–Crippen MR) is 89.4 cm³/mol. The summed E-state index contributed by atoms with van der Waals surface area (Å²) in [5.74, 6) is 1.37. The van der Waals surface area contributed by atoms with Crippen molar-refractivity contribution in [2.24, 2.45) is 5.92 Å². The summed E-state index contributed by atoms with van der Waals surface area (Å²) in [7, 11) is 0. The minimum atomic E-state index is 0.0134. The number of benzene rings is 1. The Morgan fingerprint density at radius 1 is 1.29 bits per heavy atom. The van der Waals surface area contributed by atoms with Crippen LogP contribution in [0.3, 0.4) is 0 Å². The lowest BCUT2D eigenvalue weighted by Crippen LogP contribution is -2.26. The summed E-state index contributed by atoms with van der Waals surface area (Å²) >= 11 is 0. The quantitative estimate of drug-likeness (QED) is 0.920. The van der Waals surface area contributed by atoms with Gasteiger partial charge in [-0.05, 0) is 42.7 Å². The number of anilines is 1. The lowest BCUT2D eigenvalue weighted by molar-refractivity contribution is -0.122. The van der Waals surface area contributed by atoms with E-state index in [0.717, 1.165) is 36.4 Å². The molecule has 0 radical (unpaired) electrons. The highest BCUT2D eigenvalue weighted by Crippen LogP contribution is 2.47. The van der Waals surface area contributed by atoms with Crippen LogP contribution in [0.2, 0.25) is 0 Å². The normalized spacial score (nSPS) is 22.7. The molecule has 1 aromatic heterocycles. The van der Waals surface area contributed by atoms with Gasteiger partial charge in [0.1, 0.15) is 5.76 Å². The molecule has 2 amide bonds. The van der Waals surface area contributed by atoms with E-state index in [9.17, 15) is 9.59 Å². The molecule has 1 aliphatic heterocycles. The molecule has 2 atom stereocenters. The number of hydrogen-bond donors (Lipinski definition) is 1. The predicted octanol–water partition coefficient (Wildman–Crippen LogP) is 2.83. The van der Waals surface area contributed by atoms with E-state index in [2.05, 4.69) is 5.32 Å². The topological polar surface area (TPSA) is 62.6 Å². The minimum absolute atomic E-state index is 0.0134. The number of amides is 2. The maximum Gasteiger partial charge on any atom is 0.227 e. The molecule has 0 spiro atoms. The van der Waals surface area contributed by atoms with Crippen LogP contribution in [0, 0.1) is 5.92 Å². The summed E-state index contributed by atoms with van der Waals surface area (Å²) in [4.78, 5) is 25.9. The molecule has 2 heterocycles. The third-order valence-electron chi connectivity index (χ3n) is 4.80. The molecule has 0 bridgehead atoms. The first-order valence-electron chi connectivity index (χ1n) is 8.43. The van der Waals surface area contributed by atoms with Crippen molar-refractivity contribution in [1.29, 1.82) is 0 Å². The molecule has 1 aromatic carbocycles. The van der Waals surface area contributed by atoms with Crippen molar-refractivity contribution in [2.75, 3.05) is 11.4 Å². The Labute approximate surface area is 140 Å². The number of rotatable bonds is 5. The maximum absolute atomic E-state index is 12.3. The number of furan rings is 1. The second-order valence-electron chi connectivity index (χ2n) is 6.50. The van der Waals surface area contributed by atoms with Gasteiger partial charge in [-0.1, -0.05) is 12.1 Å². The van der Waals surface area contributed by atoms with Crippen LogP contribution in [0.4, 0.5) is 5.69 Å². The molecule has 5 nitrogen and oxygen atoms in total. The van der Waals surface area contributed by atoms with Gasteiger partial charge in [0.2, 0.25) is 11.8 Å². The van der Waals surface area contributed by atoms with Crippen molar-refractivity contribution >= 4 is 17.5 Å². The van der Waals surface area contributed by atoms with Crippen molar-refractivity contribution in [3.8, 4) is 0 Å². The SMILES string of the molecule is O=C(NCc1cccc(N2CCCC2=O)c1)[C@H]1C[C@@H]1c1ccco1. The number of nitrogens with zero attached hydrogens (tertiary/aromatic N) is 1. The van der Waals surface area contributed by atoms with Crippen molar-refractivity contribution in [2.45, 2.75) is 31.7 Å². The second kappa shape index (κ2) is 6.15. The number of carbonyl (C=O) groups is 2. The minimum Gasteiger partial charge on any atom is -0.469 e. The van der Waals surface area contributed by atoms with Crippen LogP contribution in [0.1, 0.15) is 36.5 Å². The summed E-state index contributed by atoms with van der Waals surface area (Å²) in [5, 5.41) is 3.00. The fraction of sp³-hybridized carbons (Fsp3) is 0.368. The standard InChI is InChI=1S/C19H20N2O3/c22-18-7-2-8-21(18)14-5-1-4-13(10-14)12-20-19(23)16-11-15(16)17-6-3-9-24-17/h1,3-6,9-10,15-16H,2,7-8,11-12H2,(H,20,23)/t15-,16-/m0/s1. The summed E-state index contributed by atoms with van der Waals surface area (Å²) in [5.41, 5.74) is 1.93. The highest BCUT2D eigenvalue weighted by molar-refractivity contribution is 5.95. The zero-order chi connectivity index (χ0) is 16.5. The molecule has 0 unspecified atom stereocenters. The van der Waals surface area contributed by atoms with Gasteiger partial charge in [0.05, 0.1) is 6.26 Å². The van der Waals surface area contributed by atoms with Crippen LogP contribution in [0.15, 0.2) is 47.1 Å². The van der Waals surface area contributed by atoms with Gasteiger partial charge in [0, 0.05) is 37.0 Å². The second-order valence-corrected chi connectivity index (χ2v) is 6.50. The number of hydrogen-bond acceptors (Lipinski definition) is 3. The summed E-state index contributed by atoms with van der Waals surface area (Å²) in [6.45, 7) is 1.26. The molecule has 1 aliphatic carbocycles. The Balaban J connectivity index is 1.35. The van der Waals surface area contributed by atoms with E-state index in [1.807, 2.05) is 41.3 Å². The Morgan fingerprint density at radius 2 is 2.21 bits per heavy atom. The van der Waals surface area contributed by atoms with E-state index < -0.39 is 0 Å². The fourth-order valence-electron chi connectivity index (χ4n) is 3.38. The van der Waals surface area contributed by atoms with Crippen LogP contribution in [0.5, 0.6) is 0 Å². The molecule has 2 aromatic rings. The van der Waals surface area contributed by atoms with Crippen LogP contribution >= 0.6 is 0 Å². The Kier molecular flexibility index (Phi) is 3.84. The molecule has 2 aliphatic rings. The first-order valence-corrected chi connectivity index (χ1v) is 8.43. The van der Waals surface area contributed by atoms with Crippen molar-refractivity contribution in [3.05, 3.63) is 54.0 Å². The van der Waals surface area contributed by atoms with Crippen LogP contribution < -0.4 is 10.2 Å². The average Bonchev–Trinajstić information content (AvgIpc) is 3.00. The first-order chi connectivity index (χ1) is 11.7. The highest BCUT2D eigenvalue weighted by Gasteiger charge is 2.45. The van der Waals surface area contributed by atoms with E-state index in [1.165, 1.54) is 0 Å². The smallest absolute Gasteiger partial charge is 0.227 e. The summed E-state index contributed by atoms with van der Waals surface area (Å²) in [6.07, 6.45) is 4.03. The highest BCUT2D eigenvalue weighted by atomic mass is 16.3. The number of nitrogens with one attached hydrogen (secondary N) is 1.